The quantitative estimate of drug-likeness (QED) is 0.864. The molecule has 4 nitrogen and oxygen atoms in total. The number of para-hydroxylation sites is 1. The van der Waals surface area contributed by atoms with Gasteiger partial charge in [-0.15, -0.1) is 0 Å². The van der Waals surface area contributed by atoms with Crippen LogP contribution in [0.1, 0.15) is 27.2 Å². The van der Waals surface area contributed by atoms with Crippen LogP contribution in [0.15, 0.2) is 29.2 Å². The number of sulfonamides is 1. The lowest BCUT2D eigenvalue weighted by molar-refractivity contribution is 0.389. The molecule has 0 saturated heterocycles. The summed E-state index contributed by atoms with van der Waals surface area (Å²) < 4.78 is 26.0. The zero-order valence-electron chi connectivity index (χ0n) is 11.4. The summed E-state index contributed by atoms with van der Waals surface area (Å²) in [5.41, 5.74) is 0.875. The molecule has 0 radical (unpaired) electrons. The van der Waals surface area contributed by atoms with E-state index in [1.54, 1.807) is 18.2 Å². The maximum Gasteiger partial charge on any atom is 0.242 e. The van der Waals surface area contributed by atoms with E-state index in [0.717, 1.165) is 13.0 Å². The number of hydrogen-bond donors (Lipinski definition) is 2. The minimum absolute atomic E-state index is 0.226. The monoisotopic (exact) mass is 270 g/mol. The SMILES string of the molecule is CNS(=O)(=O)c1ccccc1NCCC(C)(C)C. The Kier molecular flexibility index (Phi) is 4.76. The highest BCUT2D eigenvalue weighted by Gasteiger charge is 2.16. The van der Waals surface area contributed by atoms with Crippen molar-refractivity contribution in [3.8, 4) is 0 Å². The average molecular weight is 270 g/mol. The number of anilines is 1. The van der Waals surface area contributed by atoms with E-state index in [9.17, 15) is 8.42 Å². The summed E-state index contributed by atoms with van der Waals surface area (Å²) in [5.74, 6) is 0. The zero-order valence-corrected chi connectivity index (χ0v) is 12.3. The molecule has 0 aliphatic rings. The van der Waals surface area contributed by atoms with E-state index >= 15 is 0 Å². The number of nitrogens with one attached hydrogen (secondary N) is 2. The molecule has 0 aromatic heterocycles. The highest BCUT2D eigenvalue weighted by atomic mass is 32.2. The van der Waals surface area contributed by atoms with Crippen LogP contribution >= 0.6 is 0 Å². The van der Waals surface area contributed by atoms with E-state index in [-0.39, 0.29) is 5.41 Å². The van der Waals surface area contributed by atoms with Crippen molar-refractivity contribution >= 4 is 15.7 Å². The van der Waals surface area contributed by atoms with Gasteiger partial charge in [-0.3, -0.25) is 0 Å². The van der Waals surface area contributed by atoms with Crippen molar-refractivity contribution < 1.29 is 8.42 Å². The van der Waals surface area contributed by atoms with Crippen molar-refractivity contribution in [1.82, 2.24) is 4.72 Å². The smallest absolute Gasteiger partial charge is 0.242 e. The van der Waals surface area contributed by atoms with Gasteiger partial charge >= 0.3 is 0 Å². The molecule has 2 N–H and O–H groups in total. The normalized spacial score (nSPS) is 12.4. The molecular formula is C13H22N2O2S. The maximum absolute atomic E-state index is 11.8. The van der Waals surface area contributed by atoms with Crippen LogP contribution in [0.4, 0.5) is 5.69 Å². The zero-order chi connectivity index (χ0) is 13.8. The van der Waals surface area contributed by atoms with Crippen LogP contribution in [-0.4, -0.2) is 22.0 Å². The second-order valence-corrected chi connectivity index (χ2v) is 7.30. The number of benzene rings is 1. The minimum Gasteiger partial charge on any atom is -0.384 e. The van der Waals surface area contributed by atoms with Gasteiger partial charge in [0.15, 0.2) is 0 Å². The molecule has 5 heteroatoms. The van der Waals surface area contributed by atoms with E-state index in [2.05, 4.69) is 30.8 Å². The molecule has 1 rings (SSSR count). The second kappa shape index (κ2) is 5.71. The van der Waals surface area contributed by atoms with Gasteiger partial charge in [0.05, 0.1) is 5.69 Å². The molecule has 1 aromatic carbocycles. The van der Waals surface area contributed by atoms with Crippen molar-refractivity contribution in [3.63, 3.8) is 0 Å². The van der Waals surface area contributed by atoms with Gasteiger partial charge in [-0.1, -0.05) is 32.9 Å². The Hall–Kier alpha value is -1.07. The lowest BCUT2D eigenvalue weighted by Gasteiger charge is -2.19. The number of hydrogen-bond acceptors (Lipinski definition) is 3. The molecule has 0 saturated carbocycles. The van der Waals surface area contributed by atoms with E-state index in [1.807, 2.05) is 6.07 Å². The lowest BCUT2D eigenvalue weighted by atomic mass is 9.92. The predicted molar refractivity (Wildman–Crippen MR) is 75.2 cm³/mol. The van der Waals surface area contributed by atoms with Gasteiger partial charge in [-0.25, -0.2) is 13.1 Å². The first kappa shape index (κ1) is 15.0. The van der Waals surface area contributed by atoms with Gasteiger partial charge < -0.3 is 5.32 Å². The van der Waals surface area contributed by atoms with Crippen molar-refractivity contribution in [3.05, 3.63) is 24.3 Å². The van der Waals surface area contributed by atoms with Crippen molar-refractivity contribution in [1.29, 1.82) is 0 Å². The first-order valence-corrected chi connectivity index (χ1v) is 7.51. The summed E-state index contributed by atoms with van der Waals surface area (Å²) in [6, 6.07) is 6.94. The molecule has 102 valence electrons. The standard InChI is InChI=1S/C13H22N2O2S/c1-13(2,3)9-10-15-11-7-5-6-8-12(11)18(16,17)14-4/h5-8,14-15H,9-10H2,1-4H3. The molecule has 18 heavy (non-hydrogen) atoms. The molecule has 1 aromatic rings. The Morgan fingerprint density at radius 2 is 1.78 bits per heavy atom. The Morgan fingerprint density at radius 3 is 2.33 bits per heavy atom. The van der Waals surface area contributed by atoms with Crippen LogP contribution in [0.3, 0.4) is 0 Å². The van der Waals surface area contributed by atoms with Crippen molar-refractivity contribution in [2.45, 2.75) is 32.1 Å². The average Bonchev–Trinajstić information content (AvgIpc) is 2.28. The molecule has 0 heterocycles. The molecule has 0 spiro atoms. The predicted octanol–water partition coefficient (Wildman–Crippen LogP) is 2.44. The molecule has 0 fully saturated rings. The fourth-order valence-electron chi connectivity index (χ4n) is 1.53. The fourth-order valence-corrected chi connectivity index (χ4v) is 2.44. The van der Waals surface area contributed by atoms with Gasteiger partial charge in [-0.05, 0) is 31.0 Å². The van der Waals surface area contributed by atoms with Crippen LogP contribution in [0.25, 0.3) is 0 Å². The summed E-state index contributed by atoms with van der Waals surface area (Å²) in [7, 11) is -1.99. The van der Waals surface area contributed by atoms with Gasteiger partial charge in [-0.2, -0.15) is 0 Å². The van der Waals surface area contributed by atoms with Crippen LogP contribution in [-0.2, 0) is 10.0 Å². The summed E-state index contributed by atoms with van der Waals surface area (Å²) in [6.07, 6.45) is 0.973. The Labute approximate surface area is 110 Å². The van der Waals surface area contributed by atoms with Crippen LogP contribution in [0.2, 0.25) is 0 Å². The Bertz CT molecular complexity index is 490. The van der Waals surface area contributed by atoms with E-state index in [1.165, 1.54) is 7.05 Å². The van der Waals surface area contributed by atoms with Crippen molar-refractivity contribution in [2.75, 3.05) is 18.9 Å². The molecule has 0 bridgehead atoms. The fraction of sp³-hybridized carbons (Fsp3) is 0.538. The van der Waals surface area contributed by atoms with Gasteiger partial charge in [0.1, 0.15) is 4.90 Å². The third-order valence-corrected chi connectivity index (χ3v) is 4.11. The summed E-state index contributed by atoms with van der Waals surface area (Å²) in [6.45, 7) is 7.22. The molecule has 0 aliphatic heterocycles. The third kappa shape index (κ3) is 4.31. The lowest BCUT2D eigenvalue weighted by Crippen LogP contribution is -2.21. The minimum atomic E-state index is -3.41. The van der Waals surface area contributed by atoms with Crippen molar-refractivity contribution in [2.24, 2.45) is 5.41 Å². The molecule has 0 atom stereocenters. The van der Waals surface area contributed by atoms with Crippen LogP contribution in [0.5, 0.6) is 0 Å². The van der Waals surface area contributed by atoms with Gasteiger partial charge in [0, 0.05) is 6.54 Å². The Balaban J connectivity index is 2.84. The highest BCUT2D eigenvalue weighted by Crippen LogP contribution is 2.22. The van der Waals surface area contributed by atoms with Crippen LogP contribution < -0.4 is 10.0 Å². The molecule has 0 unspecified atom stereocenters. The van der Waals surface area contributed by atoms with E-state index < -0.39 is 10.0 Å². The first-order chi connectivity index (χ1) is 8.26. The second-order valence-electron chi connectivity index (χ2n) is 5.44. The first-order valence-electron chi connectivity index (χ1n) is 6.03. The maximum atomic E-state index is 11.8. The summed E-state index contributed by atoms with van der Waals surface area (Å²) in [5, 5.41) is 3.19. The van der Waals surface area contributed by atoms with Gasteiger partial charge in [0.25, 0.3) is 0 Å². The largest absolute Gasteiger partial charge is 0.384 e. The van der Waals surface area contributed by atoms with Crippen LogP contribution in [0, 0.1) is 5.41 Å². The summed E-state index contributed by atoms with van der Waals surface area (Å²) in [4.78, 5) is 0.293. The van der Waals surface area contributed by atoms with E-state index in [4.69, 9.17) is 0 Å². The summed E-state index contributed by atoms with van der Waals surface area (Å²) >= 11 is 0. The van der Waals surface area contributed by atoms with Gasteiger partial charge in [0.2, 0.25) is 10.0 Å². The topological polar surface area (TPSA) is 58.2 Å². The van der Waals surface area contributed by atoms with E-state index in [0.29, 0.717) is 10.6 Å². The molecular weight excluding hydrogens is 248 g/mol. The number of rotatable bonds is 5. The third-order valence-electron chi connectivity index (χ3n) is 2.64. The highest BCUT2D eigenvalue weighted by molar-refractivity contribution is 7.89. The molecule has 0 amide bonds. The Morgan fingerprint density at radius 1 is 1.17 bits per heavy atom. The molecule has 0 aliphatic carbocycles.